The summed E-state index contributed by atoms with van der Waals surface area (Å²) in [4.78, 5) is 28.4. The van der Waals surface area contributed by atoms with E-state index in [2.05, 4.69) is 10.6 Å². The number of carbonyl (C=O) groups is 2. The van der Waals surface area contributed by atoms with Gasteiger partial charge in [-0.1, -0.05) is 36.4 Å². The Morgan fingerprint density at radius 3 is 2.68 bits per heavy atom. The number of rotatable bonds is 5. The number of nitrogens with one attached hydrogen (secondary N) is 2. The predicted octanol–water partition coefficient (Wildman–Crippen LogP) is 4.36. The highest BCUT2D eigenvalue weighted by Crippen LogP contribution is 2.30. The molecule has 2 N–H and O–H groups in total. The quantitative estimate of drug-likeness (QED) is 0.737. The van der Waals surface area contributed by atoms with Crippen LogP contribution in [0.2, 0.25) is 0 Å². The van der Waals surface area contributed by atoms with Gasteiger partial charge in [0.2, 0.25) is 5.91 Å². The first-order valence-electron chi connectivity index (χ1n) is 9.52. The van der Waals surface area contributed by atoms with Crippen molar-refractivity contribution in [2.75, 3.05) is 24.7 Å². The molecule has 3 rings (SSSR count). The fourth-order valence-corrected chi connectivity index (χ4v) is 3.95. The van der Waals surface area contributed by atoms with Crippen LogP contribution in [0.5, 0.6) is 0 Å². The van der Waals surface area contributed by atoms with Gasteiger partial charge in [0, 0.05) is 30.2 Å². The van der Waals surface area contributed by atoms with Crippen molar-refractivity contribution in [1.29, 1.82) is 0 Å². The molecule has 6 heteroatoms. The van der Waals surface area contributed by atoms with Crippen LogP contribution in [0.15, 0.2) is 59.5 Å². The van der Waals surface area contributed by atoms with Crippen molar-refractivity contribution in [3.63, 3.8) is 0 Å². The second-order valence-electron chi connectivity index (χ2n) is 7.42. The van der Waals surface area contributed by atoms with E-state index >= 15 is 0 Å². The number of nitrogens with zero attached hydrogens (tertiary/aromatic N) is 1. The third kappa shape index (κ3) is 5.07. The number of carbonyl (C=O) groups excluding carboxylic acids is 2. The van der Waals surface area contributed by atoms with Crippen molar-refractivity contribution < 1.29 is 9.59 Å². The Balaban J connectivity index is 1.59. The molecule has 0 saturated carbocycles. The molecule has 5 nitrogen and oxygen atoms in total. The monoisotopic (exact) mass is 397 g/mol. The number of hydrogen-bond donors (Lipinski definition) is 2. The van der Waals surface area contributed by atoms with E-state index in [1.165, 1.54) is 0 Å². The summed E-state index contributed by atoms with van der Waals surface area (Å²) in [5.41, 5.74) is 1.27. The van der Waals surface area contributed by atoms with Gasteiger partial charge in [0.1, 0.15) is 0 Å². The number of urea groups is 1. The van der Waals surface area contributed by atoms with Crippen LogP contribution in [0.25, 0.3) is 0 Å². The molecule has 148 valence electrons. The SMILES string of the molecule is CSc1cccc(NC(=O)N2CCCC(C)(C(=O)NCc3ccccc3)C2)c1. The van der Waals surface area contributed by atoms with Crippen molar-refractivity contribution in [2.24, 2.45) is 5.41 Å². The van der Waals surface area contributed by atoms with Crippen molar-refractivity contribution >= 4 is 29.4 Å². The van der Waals surface area contributed by atoms with Gasteiger partial charge in [-0.3, -0.25) is 4.79 Å². The van der Waals surface area contributed by atoms with Gasteiger partial charge in [-0.05, 0) is 49.8 Å². The molecule has 2 aromatic carbocycles. The Morgan fingerprint density at radius 2 is 1.93 bits per heavy atom. The average molecular weight is 398 g/mol. The molecule has 1 saturated heterocycles. The van der Waals surface area contributed by atoms with E-state index in [1.807, 2.05) is 67.8 Å². The molecule has 0 spiro atoms. The first-order valence-corrected chi connectivity index (χ1v) is 10.7. The minimum Gasteiger partial charge on any atom is -0.351 e. The largest absolute Gasteiger partial charge is 0.351 e. The number of anilines is 1. The first kappa shape index (κ1) is 20.3. The zero-order valence-electron chi connectivity index (χ0n) is 16.4. The summed E-state index contributed by atoms with van der Waals surface area (Å²) >= 11 is 1.64. The van der Waals surface area contributed by atoms with Gasteiger partial charge in [-0.2, -0.15) is 0 Å². The molecule has 1 aliphatic heterocycles. The van der Waals surface area contributed by atoms with Crippen molar-refractivity contribution in [3.05, 3.63) is 60.2 Å². The lowest BCUT2D eigenvalue weighted by molar-refractivity contribution is -0.132. The molecule has 0 radical (unpaired) electrons. The fourth-order valence-electron chi connectivity index (χ4n) is 3.49. The number of hydrogen-bond acceptors (Lipinski definition) is 3. The molecule has 1 unspecified atom stereocenters. The van der Waals surface area contributed by atoms with Crippen molar-refractivity contribution in [3.8, 4) is 0 Å². The van der Waals surface area contributed by atoms with E-state index < -0.39 is 5.41 Å². The molecule has 1 fully saturated rings. The van der Waals surface area contributed by atoms with Gasteiger partial charge in [0.15, 0.2) is 0 Å². The Labute approximate surface area is 170 Å². The highest BCUT2D eigenvalue weighted by Gasteiger charge is 2.39. The van der Waals surface area contributed by atoms with Gasteiger partial charge in [0.25, 0.3) is 0 Å². The molecule has 28 heavy (non-hydrogen) atoms. The number of piperidine rings is 1. The van der Waals surface area contributed by atoms with Gasteiger partial charge in [-0.15, -0.1) is 11.8 Å². The Morgan fingerprint density at radius 1 is 1.14 bits per heavy atom. The van der Waals surface area contributed by atoms with E-state index in [1.54, 1.807) is 16.7 Å². The standard InChI is InChI=1S/C22H27N3O2S/c1-22(20(26)23-15-17-8-4-3-5-9-17)12-7-13-25(16-22)21(27)24-18-10-6-11-19(14-18)28-2/h3-6,8-11,14H,7,12-13,15-16H2,1-2H3,(H,23,26)(H,24,27). The molecular weight excluding hydrogens is 370 g/mol. The molecule has 2 aromatic rings. The van der Waals surface area contributed by atoms with Crippen LogP contribution in [-0.2, 0) is 11.3 Å². The second-order valence-corrected chi connectivity index (χ2v) is 8.30. The van der Waals surface area contributed by atoms with Crippen molar-refractivity contribution in [2.45, 2.75) is 31.2 Å². The molecule has 1 aliphatic rings. The lowest BCUT2D eigenvalue weighted by Gasteiger charge is -2.39. The third-order valence-corrected chi connectivity index (χ3v) is 5.87. The van der Waals surface area contributed by atoms with Crippen LogP contribution >= 0.6 is 11.8 Å². The number of thioether (sulfide) groups is 1. The molecular formula is C22H27N3O2S. The maximum Gasteiger partial charge on any atom is 0.321 e. The zero-order chi connectivity index (χ0) is 20.0. The summed E-state index contributed by atoms with van der Waals surface area (Å²) in [6.45, 7) is 3.53. The molecule has 0 bridgehead atoms. The van der Waals surface area contributed by atoms with Crippen LogP contribution in [-0.4, -0.2) is 36.2 Å². The predicted molar refractivity (Wildman–Crippen MR) is 114 cm³/mol. The van der Waals surface area contributed by atoms with Gasteiger partial charge in [0.05, 0.1) is 5.41 Å². The normalized spacial score (nSPS) is 19.1. The Hall–Kier alpha value is -2.47. The molecule has 1 atom stereocenters. The van der Waals surface area contributed by atoms with Crippen LogP contribution < -0.4 is 10.6 Å². The minimum atomic E-state index is -0.578. The third-order valence-electron chi connectivity index (χ3n) is 5.15. The molecule has 0 aromatic heterocycles. The number of likely N-dealkylation sites (tertiary alicyclic amines) is 1. The number of amides is 3. The van der Waals surface area contributed by atoms with Crippen LogP contribution in [0.1, 0.15) is 25.3 Å². The van der Waals surface area contributed by atoms with E-state index in [4.69, 9.17) is 0 Å². The second kappa shape index (κ2) is 9.15. The lowest BCUT2D eigenvalue weighted by Crippen LogP contribution is -2.52. The summed E-state index contributed by atoms with van der Waals surface area (Å²) in [6.07, 6.45) is 3.60. The summed E-state index contributed by atoms with van der Waals surface area (Å²) < 4.78 is 0. The van der Waals surface area contributed by atoms with Gasteiger partial charge < -0.3 is 15.5 Å². The van der Waals surface area contributed by atoms with Gasteiger partial charge >= 0.3 is 6.03 Å². The van der Waals surface area contributed by atoms with Crippen molar-refractivity contribution in [1.82, 2.24) is 10.2 Å². The molecule has 3 amide bonds. The maximum atomic E-state index is 12.8. The maximum absolute atomic E-state index is 12.8. The smallest absolute Gasteiger partial charge is 0.321 e. The average Bonchev–Trinajstić information content (AvgIpc) is 2.73. The topological polar surface area (TPSA) is 61.4 Å². The highest BCUT2D eigenvalue weighted by molar-refractivity contribution is 7.98. The van der Waals surface area contributed by atoms with E-state index in [0.29, 0.717) is 19.6 Å². The summed E-state index contributed by atoms with van der Waals surface area (Å²) in [5.74, 6) is -0.00164. The Bertz CT molecular complexity index is 828. The minimum absolute atomic E-state index is 0.00164. The van der Waals surface area contributed by atoms with Gasteiger partial charge in [-0.25, -0.2) is 4.79 Å². The van der Waals surface area contributed by atoms with Crippen LogP contribution in [0, 0.1) is 5.41 Å². The first-order chi connectivity index (χ1) is 13.5. The zero-order valence-corrected chi connectivity index (χ0v) is 17.2. The van der Waals surface area contributed by atoms with E-state index in [9.17, 15) is 9.59 Å². The fraction of sp³-hybridized carbons (Fsp3) is 0.364. The molecule has 1 heterocycles. The lowest BCUT2D eigenvalue weighted by atomic mass is 9.81. The van der Waals surface area contributed by atoms with E-state index in [0.717, 1.165) is 29.0 Å². The summed E-state index contributed by atoms with van der Waals surface area (Å²) in [5, 5.41) is 6.00. The summed E-state index contributed by atoms with van der Waals surface area (Å²) in [7, 11) is 0. The van der Waals surface area contributed by atoms with Crippen LogP contribution in [0.3, 0.4) is 0 Å². The number of benzene rings is 2. The summed E-state index contributed by atoms with van der Waals surface area (Å²) in [6, 6.07) is 17.5. The highest BCUT2D eigenvalue weighted by atomic mass is 32.2. The van der Waals surface area contributed by atoms with E-state index in [-0.39, 0.29) is 11.9 Å². The molecule has 0 aliphatic carbocycles. The van der Waals surface area contributed by atoms with Crippen LogP contribution in [0.4, 0.5) is 10.5 Å². The Kier molecular flexibility index (Phi) is 6.62.